The van der Waals surface area contributed by atoms with Gasteiger partial charge < -0.3 is 15.5 Å². The standard InChI is InChI=1S/C12H18BrNO2/c1-2-3-10(15)8-14-7-9-4-5-12(16)11(13)6-9/h4-6,10,14-16H,2-3,7-8H2,1H3. The van der Waals surface area contributed by atoms with Gasteiger partial charge in [-0.25, -0.2) is 0 Å². The molecule has 0 aromatic heterocycles. The lowest BCUT2D eigenvalue weighted by Gasteiger charge is -2.10. The Bertz CT molecular complexity index is 331. The lowest BCUT2D eigenvalue weighted by atomic mass is 10.2. The molecule has 0 heterocycles. The first-order valence-corrected chi connectivity index (χ1v) is 6.29. The third-order valence-electron chi connectivity index (χ3n) is 2.34. The molecule has 1 atom stereocenters. The molecule has 0 aliphatic carbocycles. The molecule has 3 N–H and O–H groups in total. The van der Waals surface area contributed by atoms with Gasteiger partial charge in [-0.2, -0.15) is 0 Å². The highest BCUT2D eigenvalue weighted by Gasteiger charge is 2.03. The summed E-state index contributed by atoms with van der Waals surface area (Å²) in [5.74, 6) is 0.245. The van der Waals surface area contributed by atoms with Gasteiger partial charge in [-0.1, -0.05) is 19.4 Å². The van der Waals surface area contributed by atoms with Crippen LogP contribution in [-0.4, -0.2) is 22.9 Å². The minimum absolute atomic E-state index is 0.245. The number of hydrogen-bond donors (Lipinski definition) is 3. The summed E-state index contributed by atoms with van der Waals surface area (Å²) in [4.78, 5) is 0. The fraction of sp³-hybridized carbons (Fsp3) is 0.500. The monoisotopic (exact) mass is 287 g/mol. The van der Waals surface area contributed by atoms with Crippen LogP contribution in [0.3, 0.4) is 0 Å². The number of nitrogens with one attached hydrogen (secondary N) is 1. The quantitative estimate of drug-likeness (QED) is 0.753. The van der Waals surface area contributed by atoms with Crippen molar-refractivity contribution in [3.63, 3.8) is 0 Å². The van der Waals surface area contributed by atoms with E-state index in [-0.39, 0.29) is 11.9 Å². The van der Waals surface area contributed by atoms with E-state index in [1.807, 2.05) is 12.1 Å². The fourth-order valence-corrected chi connectivity index (χ4v) is 1.90. The molecular weight excluding hydrogens is 270 g/mol. The Balaban J connectivity index is 2.34. The molecule has 0 saturated carbocycles. The van der Waals surface area contributed by atoms with E-state index in [9.17, 15) is 10.2 Å². The maximum atomic E-state index is 9.51. The van der Waals surface area contributed by atoms with E-state index in [4.69, 9.17) is 0 Å². The topological polar surface area (TPSA) is 52.5 Å². The van der Waals surface area contributed by atoms with Crippen LogP contribution in [0.2, 0.25) is 0 Å². The molecule has 0 aliphatic heterocycles. The molecule has 4 heteroatoms. The molecule has 0 radical (unpaired) electrons. The lowest BCUT2D eigenvalue weighted by Crippen LogP contribution is -2.26. The van der Waals surface area contributed by atoms with E-state index in [0.717, 1.165) is 18.4 Å². The van der Waals surface area contributed by atoms with Gasteiger partial charge in [0.2, 0.25) is 0 Å². The Morgan fingerprint density at radius 2 is 2.19 bits per heavy atom. The molecule has 0 amide bonds. The highest BCUT2D eigenvalue weighted by Crippen LogP contribution is 2.24. The summed E-state index contributed by atoms with van der Waals surface area (Å²) in [7, 11) is 0. The van der Waals surface area contributed by atoms with Gasteiger partial charge in [0, 0.05) is 13.1 Å². The maximum Gasteiger partial charge on any atom is 0.129 e. The number of hydrogen-bond acceptors (Lipinski definition) is 3. The molecule has 16 heavy (non-hydrogen) atoms. The third kappa shape index (κ3) is 4.51. The van der Waals surface area contributed by atoms with Crippen LogP contribution in [0.4, 0.5) is 0 Å². The lowest BCUT2D eigenvalue weighted by molar-refractivity contribution is 0.160. The summed E-state index contributed by atoms with van der Waals surface area (Å²) in [5.41, 5.74) is 1.08. The molecule has 1 aromatic rings. The van der Waals surface area contributed by atoms with Crippen molar-refractivity contribution in [3.05, 3.63) is 28.2 Å². The maximum absolute atomic E-state index is 9.51. The van der Waals surface area contributed by atoms with Gasteiger partial charge in [0.15, 0.2) is 0 Å². The Morgan fingerprint density at radius 3 is 2.81 bits per heavy atom. The van der Waals surface area contributed by atoms with E-state index < -0.39 is 0 Å². The van der Waals surface area contributed by atoms with Crippen molar-refractivity contribution in [1.82, 2.24) is 5.32 Å². The zero-order chi connectivity index (χ0) is 12.0. The summed E-state index contributed by atoms with van der Waals surface area (Å²) < 4.78 is 0.695. The van der Waals surface area contributed by atoms with Crippen LogP contribution in [-0.2, 0) is 6.54 Å². The second-order valence-corrected chi connectivity index (χ2v) is 4.71. The van der Waals surface area contributed by atoms with E-state index in [2.05, 4.69) is 28.2 Å². The van der Waals surface area contributed by atoms with Gasteiger partial charge >= 0.3 is 0 Å². The molecule has 0 spiro atoms. The van der Waals surface area contributed by atoms with Crippen molar-refractivity contribution in [1.29, 1.82) is 0 Å². The minimum atomic E-state index is -0.273. The van der Waals surface area contributed by atoms with E-state index >= 15 is 0 Å². The van der Waals surface area contributed by atoms with Crippen LogP contribution in [0.15, 0.2) is 22.7 Å². The number of rotatable bonds is 6. The molecule has 90 valence electrons. The van der Waals surface area contributed by atoms with Crippen molar-refractivity contribution < 1.29 is 10.2 Å². The largest absolute Gasteiger partial charge is 0.507 e. The first-order valence-electron chi connectivity index (χ1n) is 5.49. The zero-order valence-corrected chi connectivity index (χ0v) is 11.0. The number of phenolic OH excluding ortho intramolecular Hbond substituents is 1. The highest BCUT2D eigenvalue weighted by molar-refractivity contribution is 9.10. The van der Waals surface area contributed by atoms with Crippen molar-refractivity contribution in [3.8, 4) is 5.75 Å². The molecule has 3 nitrogen and oxygen atoms in total. The van der Waals surface area contributed by atoms with Crippen LogP contribution >= 0.6 is 15.9 Å². The van der Waals surface area contributed by atoms with Crippen LogP contribution in [0.1, 0.15) is 25.3 Å². The van der Waals surface area contributed by atoms with Crippen LogP contribution in [0, 0.1) is 0 Å². The summed E-state index contributed by atoms with van der Waals surface area (Å²) in [6.45, 7) is 3.35. The zero-order valence-electron chi connectivity index (χ0n) is 9.41. The highest BCUT2D eigenvalue weighted by atomic mass is 79.9. The SMILES string of the molecule is CCCC(O)CNCc1ccc(O)c(Br)c1. The van der Waals surface area contributed by atoms with Crippen LogP contribution in [0.5, 0.6) is 5.75 Å². The Labute approximate surface area is 105 Å². The summed E-state index contributed by atoms with van der Waals surface area (Å²) >= 11 is 3.26. The second-order valence-electron chi connectivity index (χ2n) is 3.86. The molecule has 0 aliphatic rings. The summed E-state index contributed by atoms with van der Waals surface area (Å²) in [5, 5.41) is 22.0. The number of phenols is 1. The van der Waals surface area contributed by atoms with Crippen LogP contribution in [0.25, 0.3) is 0 Å². The van der Waals surface area contributed by atoms with E-state index in [0.29, 0.717) is 17.6 Å². The normalized spacial score (nSPS) is 12.7. The van der Waals surface area contributed by atoms with Gasteiger partial charge in [0.05, 0.1) is 10.6 Å². The molecular formula is C12H18BrNO2. The molecule has 0 fully saturated rings. The van der Waals surface area contributed by atoms with Crippen LogP contribution < -0.4 is 5.32 Å². The van der Waals surface area contributed by atoms with Gasteiger partial charge in [0.25, 0.3) is 0 Å². The van der Waals surface area contributed by atoms with Crippen molar-refractivity contribution in [2.45, 2.75) is 32.4 Å². The smallest absolute Gasteiger partial charge is 0.129 e. The van der Waals surface area contributed by atoms with Crippen molar-refractivity contribution in [2.24, 2.45) is 0 Å². The second kappa shape index (κ2) is 6.89. The molecule has 0 bridgehead atoms. The minimum Gasteiger partial charge on any atom is -0.507 e. The van der Waals surface area contributed by atoms with Gasteiger partial charge in [-0.15, -0.1) is 0 Å². The number of aromatic hydroxyl groups is 1. The fourth-order valence-electron chi connectivity index (χ4n) is 1.48. The molecule has 1 aromatic carbocycles. The van der Waals surface area contributed by atoms with Crippen molar-refractivity contribution in [2.75, 3.05) is 6.54 Å². The van der Waals surface area contributed by atoms with Gasteiger partial charge in [0.1, 0.15) is 5.75 Å². The molecule has 1 unspecified atom stereocenters. The Morgan fingerprint density at radius 1 is 1.44 bits per heavy atom. The van der Waals surface area contributed by atoms with Gasteiger partial charge in [-0.3, -0.25) is 0 Å². The third-order valence-corrected chi connectivity index (χ3v) is 2.98. The predicted octanol–water partition coefficient (Wildman–Crippen LogP) is 2.41. The summed E-state index contributed by atoms with van der Waals surface area (Å²) in [6.07, 6.45) is 1.55. The first-order chi connectivity index (χ1) is 7.63. The van der Waals surface area contributed by atoms with E-state index in [1.165, 1.54) is 0 Å². The Kier molecular flexibility index (Phi) is 5.80. The van der Waals surface area contributed by atoms with Crippen molar-refractivity contribution >= 4 is 15.9 Å². The van der Waals surface area contributed by atoms with Gasteiger partial charge in [-0.05, 0) is 40.0 Å². The number of aliphatic hydroxyl groups excluding tert-OH is 1. The first kappa shape index (κ1) is 13.5. The average molecular weight is 288 g/mol. The van der Waals surface area contributed by atoms with E-state index in [1.54, 1.807) is 6.07 Å². The average Bonchev–Trinajstić information content (AvgIpc) is 2.24. The number of halogens is 1. The predicted molar refractivity (Wildman–Crippen MR) is 68.4 cm³/mol. The molecule has 0 saturated heterocycles. The molecule has 1 rings (SSSR count). The number of aliphatic hydroxyl groups is 1. The number of benzene rings is 1. The Hall–Kier alpha value is -0.580. The summed E-state index contributed by atoms with van der Waals surface area (Å²) in [6, 6.07) is 5.39.